The Hall–Kier alpha value is -2.38. The van der Waals surface area contributed by atoms with Gasteiger partial charge in [-0.2, -0.15) is 4.31 Å². The fourth-order valence-corrected chi connectivity index (χ4v) is 4.08. The number of anilines is 1. The molecule has 0 heterocycles. The Labute approximate surface area is 161 Å². The summed E-state index contributed by atoms with van der Waals surface area (Å²) in [4.78, 5) is 12.6. The van der Waals surface area contributed by atoms with Crippen LogP contribution in [-0.4, -0.2) is 38.8 Å². The Morgan fingerprint density at radius 1 is 1.04 bits per heavy atom. The van der Waals surface area contributed by atoms with Gasteiger partial charge < -0.3 is 10.1 Å². The van der Waals surface area contributed by atoms with Crippen LogP contribution in [0.25, 0.3) is 0 Å². The van der Waals surface area contributed by atoms with Crippen molar-refractivity contribution in [1.29, 1.82) is 0 Å². The first kappa shape index (κ1) is 20.9. The molecule has 0 aliphatic heterocycles. The molecule has 6 nitrogen and oxygen atoms in total. The Kier molecular flexibility index (Phi) is 7.38. The van der Waals surface area contributed by atoms with Gasteiger partial charge in [-0.25, -0.2) is 8.42 Å². The zero-order valence-corrected chi connectivity index (χ0v) is 16.8. The van der Waals surface area contributed by atoms with Crippen molar-refractivity contribution in [2.24, 2.45) is 0 Å². The summed E-state index contributed by atoms with van der Waals surface area (Å²) in [6.07, 6.45) is 1.74. The first-order valence-corrected chi connectivity index (χ1v) is 10.4. The molecule has 1 amide bonds. The number of hydrogen-bond donors (Lipinski definition) is 1. The number of carbonyl (C=O) groups excluding carboxylic acids is 1. The Morgan fingerprint density at radius 2 is 1.67 bits per heavy atom. The lowest BCUT2D eigenvalue weighted by atomic mass is 10.2. The molecule has 0 aromatic heterocycles. The van der Waals surface area contributed by atoms with E-state index in [4.69, 9.17) is 4.74 Å². The Balaban J connectivity index is 2.11. The second kappa shape index (κ2) is 9.53. The highest BCUT2D eigenvalue weighted by Crippen LogP contribution is 2.19. The molecule has 1 N–H and O–H groups in total. The number of ether oxygens (including phenoxy) is 1. The molecule has 0 saturated heterocycles. The molecule has 0 fully saturated rings. The number of rotatable bonds is 9. The Morgan fingerprint density at radius 3 is 2.19 bits per heavy atom. The maximum Gasteiger partial charge on any atom is 0.255 e. The van der Waals surface area contributed by atoms with Crippen molar-refractivity contribution in [2.45, 2.75) is 31.6 Å². The third-order valence-corrected chi connectivity index (χ3v) is 6.20. The highest BCUT2D eigenvalue weighted by Gasteiger charge is 2.22. The van der Waals surface area contributed by atoms with Crippen LogP contribution in [-0.2, 0) is 10.0 Å². The van der Waals surface area contributed by atoms with Crippen molar-refractivity contribution in [3.63, 3.8) is 0 Å². The van der Waals surface area contributed by atoms with Crippen LogP contribution in [0, 0.1) is 0 Å². The quantitative estimate of drug-likeness (QED) is 0.707. The number of amides is 1. The zero-order valence-electron chi connectivity index (χ0n) is 15.9. The van der Waals surface area contributed by atoms with Crippen molar-refractivity contribution in [1.82, 2.24) is 4.31 Å². The van der Waals surface area contributed by atoms with E-state index in [9.17, 15) is 13.2 Å². The molecule has 7 heteroatoms. The molecule has 0 atom stereocenters. The van der Waals surface area contributed by atoms with Gasteiger partial charge in [-0.05, 0) is 55.0 Å². The monoisotopic (exact) mass is 390 g/mol. The molecular formula is C20H26N2O4S. The molecule has 0 bridgehead atoms. The van der Waals surface area contributed by atoms with E-state index in [0.717, 1.165) is 12.8 Å². The maximum absolute atomic E-state index is 12.7. The molecule has 27 heavy (non-hydrogen) atoms. The topological polar surface area (TPSA) is 75.7 Å². The third-order valence-electron chi connectivity index (χ3n) is 4.22. The lowest BCUT2D eigenvalue weighted by Gasteiger charge is -2.20. The van der Waals surface area contributed by atoms with Gasteiger partial charge in [0.1, 0.15) is 5.75 Å². The van der Waals surface area contributed by atoms with Gasteiger partial charge in [-0.1, -0.05) is 20.3 Å². The van der Waals surface area contributed by atoms with Crippen LogP contribution in [0.4, 0.5) is 5.69 Å². The Bertz CT molecular complexity index is 847. The molecule has 0 unspecified atom stereocenters. The van der Waals surface area contributed by atoms with E-state index in [1.807, 2.05) is 13.8 Å². The fraction of sp³-hybridized carbons (Fsp3) is 0.350. The van der Waals surface area contributed by atoms with Crippen LogP contribution in [0.1, 0.15) is 37.0 Å². The van der Waals surface area contributed by atoms with E-state index in [-0.39, 0.29) is 10.8 Å². The lowest BCUT2D eigenvalue weighted by Crippen LogP contribution is -2.31. The van der Waals surface area contributed by atoms with Gasteiger partial charge in [0, 0.05) is 24.3 Å². The van der Waals surface area contributed by atoms with Crippen LogP contribution in [0.3, 0.4) is 0 Å². The summed E-state index contributed by atoms with van der Waals surface area (Å²) in [6.45, 7) is 4.76. The van der Waals surface area contributed by atoms with Crippen molar-refractivity contribution in [2.75, 3.05) is 25.5 Å². The second-order valence-electron chi connectivity index (χ2n) is 6.06. The molecule has 146 valence electrons. The van der Waals surface area contributed by atoms with E-state index < -0.39 is 10.0 Å². The van der Waals surface area contributed by atoms with Crippen molar-refractivity contribution in [3.8, 4) is 5.75 Å². The number of carbonyl (C=O) groups is 1. The molecule has 0 aliphatic carbocycles. The third kappa shape index (κ3) is 5.30. The van der Waals surface area contributed by atoms with E-state index in [1.165, 1.54) is 28.6 Å². The number of nitrogens with zero attached hydrogens (tertiary/aromatic N) is 1. The number of nitrogens with one attached hydrogen (secondary N) is 1. The van der Waals surface area contributed by atoms with E-state index in [2.05, 4.69) is 5.32 Å². The summed E-state index contributed by atoms with van der Waals surface area (Å²) in [7, 11) is -1.97. The number of benzene rings is 2. The van der Waals surface area contributed by atoms with Gasteiger partial charge >= 0.3 is 0 Å². The highest BCUT2D eigenvalue weighted by atomic mass is 32.2. The molecule has 2 rings (SSSR count). The van der Waals surface area contributed by atoms with Gasteiger partial charge in [-0.15, -0.1) is 0 Å². The number of sulfonamides is 1. The highest BCUT2D eigenvalue weighted by molar-refractivity contribution is 7.89. The molecule has 0 radical (unpaired) electrons. The molecule has 2 aromatic carbocycles. The number of unbranched alkanes of at least 4 members (excludes halogenated alkanes) is 1. The predicted molar refractivity (Wildman–Crippen MR) is 107 cm³/mol. The maximum atomic E-state index is 12.7. The molecule has 0 aliphatic rings. The summed E-state index contributed by atoms with van der Waals surface area (Å²) in [5.41, 5.74) is 1.02. The SMILES string of the molecule is CCCCN(CC)S(=O)(=O)c1ccc(C(=O)Nc2ccc(OC)cc2)cc1. The van der Waals surface area contributed by atoms with Crippen molar-refractivity contribution in [3.05, 3.63) is 54.1 Å². The van der Waals surface area contributed by atoms with Gasteiger partial charge in [0.15, 0.2) is 0 Å². The molecule has 0 saturated carbocycles. The van der Waals surface area contributed by atoms with Crippen LogP contribution in [0.5, 0.6) is 5.75 Å². The molecular weight excluding hydrogens is 364 g/mol. The predicted octanol–water partition coefficient (Wildman–Crippen LogP) is 3.76. The molecule has 0 spiro atoms. The summed E-state index contributed by atoms with van der Waals surface area (Å²) in [6, 6.07) is 13.0. The number of hydrogen-bond acceptors (Lipinski definition) is 4. The standard InChI is InChI=1S/C20H26N2O4S/c1-4-6-15-22(5-2)27(24,25)19-13-7-16(8-14-19)20(23)21-17-9-11-18(26-3)12-10-17/h7-14H,4-6,15H2,1-3H3,(H,21,23). The lowest BCUT2D eigenvalue weighted by molar-refractivity contribution is 0.102. The van der Waals surface area contributed by atoms with Crippen LogP contribution >= 0.6 is 0 Å². The largest absolute Gasteiger partial charge is 0.497 e. The van der Waals surface area contributed by atoms with Gasteiger partial charge in [0.25, 0.3) is 5.91 Å². The van der Waals surface area contributed by atoms with Crippen LogP contribution < -0.4 is 10.1 Å². The second-order valence-corrected chi connectivity index (χ2v) is 8.00. The summed E-state index contributed by atoms with van der Waals surface area (Å²) >= 11 is 0. The van der Waals surface area contributed by atoms with E-state index in [1.54, 1.807) is 31.4 Å². The number of methoxy groups -OCH3 is 1. The average Bonchev–Trinajstić information content (AvgIpc) is 2.69. The van der Waals surface area contributed by atoms with Gasteiger partial charge in [-0.3, -0.25) is 4.79 Å². The van der Waals surface area contributed by atoms with Crippen LogP contribution in [0.15, 0.2) is 53.4 Å². The van der Waals surface area contributed by atoms with Gasteiger partial charge in [0.2, 0.25) is 10.0 Å². The zero-order chi connectivity index (χ0) is 19.9. The first-order valence-electron chi connectivity index (χ1n) is 8.98. The van der Waals surface area contributed by atoms with Crippen molar-refractivity contribution >= 4 is 21.6 Å². The van der Waals surface area contributed by atoms with E-state index in [0.29, 0.717) is 30.1 Å². The minimum atomic E-state index is -3.54. The molecule has 2 aromatic rings. The summed E-state index contributed by atoms with van der Waals surface area (Å²) in [5.74, 6) is 0.397. The minimum Gasteiger partial charge on any atom is -0.497 e. The normalized spacial score (nSPS) is 11.4. The smallest absolute Gasteiger partial charge is 0.255 e. The summed E-state index contributed by atoms with van der Waals surface area (Å²) < 4.78 is 32.0. The van der Waals surface area contributed by atoms with Crippen LogP contribution in [0.2, 0.25) is 0 Å². The average molecular weight is 391 g/mol. The first-order chi connectivity index (χ1) is 12.9. The van der Waals surface area contributed by atoms with Gasteiger partial charge in [0.05, 0.1) is 12.0 Å². The van der Waals surface area contributed by atoms with E-state index >= 15 is 0 Å². The summed E-state index contributed by atoms with van der Waals surface area (Å²) in [5, 5.41) is 2.78. The van der Waals surface area contributed by atoms with Crippen molar-refractivity contribution < 1.29 is 17.9 Å². The fourth-order valence-electron chi connectivity index (χ4n) is 2.59. The minimum absolute atomic E-state index is 0.196.